The van der Waals surface area contributed by atoms with E-state index in [0.717, 1.165) is 6.92 Å². The largest absolute Gasteiger partial charge is 0.472 e. The lowest BCUT2D eigenvalue weighted by Crippen LogP contribution is -2.64. The smallest absolute Gasteiger partial charge is 0.394 e. The molecule has 0 unspecified atom stereocenters. The molecule has 0 aliphatic carbocycles. The minimum atomic E-state index is -4.98. The summed E-state index contributed by atoms with van der Waals surface area (Å²) in [6.45, 7) is 0.263. The normalized spacial score (nSPS) is 43.7. The van der Waals surface area contributed by atoms with Crippen LogP contribution in [0.1, 0.15) is 6.92 Å². The maximum atomic E-state index is 10.7. The molecule has 0 spiro atoms. The molecule has 5 atom stereocenters. The molecule has 0 radical (unpaired) electrons. The lowest BCUT2D eigenvalue weighted by molar-refractivity contribution is -0.333. The third kappa shape index (κ3) is 3.22. The van der Waals surface area contributed by atoms with E-state index in [1.165, 1.54) is 0 Å². The fraction of sp³-hybridized carbons (Fsp3) is 1.00. The zero-order chi connectivity index (χ0) is 13.4. The molecule has 0 saturated carbocycles. The number of phosphoric ester groups is 1. The molecule has 1 aliphatic heterocycles. The van der Waals surface area contributed by atoms with Crippen LogP contribution in [0.2, 0.25) is 0 Å². The van der Waals surface area contributed by atoms with Crippen molar-refractivity contribution in [1.82, 2.24) is 0 Å². The number of phosphoric acid groups is 1. The number of aliphatic hydroxyl groups excluding tert-OH is 4. The molecule has 0 bridgehead atoms. The fourth-order valence-corrected chi connectivity index (χ4v) is 2.24. The van der Waals surface area contributed by atoms with Gasteiger partial charge in [-0.25, -0.2) is 4.57 Å². The van der Waals surface area contributed by atoms with E-state index in [0.29, 0.717) is 0 Å². The molecule has 17 heavy (non-hydrogen) atoms. The first kappa shape index (κ1) is 15.0. The Hall–Kier alpha value is -0.0900. The number of rotatable bonds is 3. The van der Waals surface area contributed by atoms with Crippen LogP contribution in [0.15, 0.2) is 0 Å². The van der Waals surface area contributed by atoms with Gasteiger partial charge in [0.25, 0.3) is 0 Å². The van der Waals surface area contributed by atoms with Gasteiger partial charge in [-0.05, 0) is 6.92 Å². The third-order valence-electron chi connectivity index (χ3n) is 2.46. The summed E-state index contributed by atoms with van der Waals surface area (Å²) in [5, 5.41) is 37.3. The molecule has 10 heteroatoms. The average molecular weight is 274 g/mol. The summed E-state index contributed by atoms with van der Waals surface area (Å²) in [5.41, 5.74) is 0. The van der Waals surface area contributed by atoms with Crippen LogP contribution in [0.4, 0.5) is 0 Å². The lowest BCUT2D eigenvalue weighted by atomic mass is 9.94. The van der Waals surface area contributed by atoms with Crippen LogP contribution in [0.3, 0.4) is 0 Å². The number of hydrogen-bond donors (Lipinski definition) is 6. The Morgan fingerprint density at radius 2 is 1.82 bits per heavy atom. The lowest BCUT2D eigenvalue weighted by Gasteiger charge is -2.45. The molecule has 0 aromatic heterocycles. The maximum Gasteiger partial charge on any atom is 0.472 e. The van der Waals surface area contributed by atoms with Gasteiger partial charge in [-0.15, -0.1) is 0 Å². The summed E-state index contributed by atoms with van der Waals surface area (Å²) >= 11 is 0. The minimum absolute atomic E-state index is 0.717. The first-order valence-corrected chi connectivity index (χ1v) is 6.23. The Morgan fingerprint density at radius 3 is 2.24 bits per heavy atom. The maximum absolute atomic E-state index is 10.7. The fourth-order valence-electron chi connectivity index (χ4n) is 1.61. The van der Waals surface area contributed by atoms with E-state index in [1.807, 2.05) is 0 Å². The molecule has 1 heterocycles. The predicted octanol–water partition coefficient (Wildman–Crippen LogP) is -2.71. The van der Waals surface area contributed by atoms with Crippen molar-refractivity contribution >= 4 is 7.82 Å². The van der Waals surface area contributed by atoms with Crippen molar-refractivity contribution in [3.05, 3.63) is 0 Å². The Balaban J connectivity index is 2.95. The molecule has 0 aromatic carbocycles. The van der Waals surface area contributed by atoms with Crippen LogP contribution in [0.5, 0.6) is 0 Å². The highest BCUT2D eigenvalue weighted by Crippen LogP contribution is 2.45. The van der Waals surface area contributed by atoms with E-state index in [2.05, 4.69) is 4.52 Å². The average Bonchev–Trinajstić information content (AvgIpc) is 2.18. The second-order valence-electron chi connectivity index (χ2n) is 3.86. The monoisotopic (exact) mass is 274 g/mol. The standard InChI is InChI=1S/C7H15O9P/c1-7(16-17(12,13)14)6(11)5(10)4(9)3(2-8)15-7/h3-6,8-11H,2H2,1H3,(H2,12,13,14)/t3-,4-,5+,6-,7-/m1/s1. The summed E-state index contributed by atoms with van der Waals surface area (Å²) < 4.78 is 19.8. The highest BCUT2D eigenvalue weighted by Gasteiger charge is 2.54. The van der Waals surface area contributed by atoms with Gasteiger partial charge in [-0.2, -0.15) is 0 Å². The summed E-state index contributed by atoms with van der Waals surface area (Å²) in [6.07, 6.45) is -6.57. The third-order valence-corrected chi connectivity index (χ3v) is 3.06. The van der Waals surface area contributed by atoms with E-state index >= 15 is 0 Å². The summed E-state index contributed by atoms with van der Waals surface area (Å²) in [6, 6.07) is 0. The van der Waals surface area contributed by atoms with Crippen molar-refractivity contribution < 1.29 is 44.0 Å². The van der Waals surface area contributed by atoms with Crippen molar-refractivity contribution in [3.8, 4) is 0 Å². The Kier molecular flexibility index (Phi) is 4.30. The van der Waals surface area contributed by atoms with Gasteiger partial charge in [0.15, 0.2) is 0 Å². The first-order chi connectivity index (χ1) is 7.60. The number of hydrogen-bond acceptors (Lipinski definition) is 7. The van der Waals surface area contributed by atoms with Gasteiger partial charge >= 0.3 is 7.82 Å². The minimum Gasteiger partial charge on any atom is -0.394 e. The molecular formula is C7H15O9P. The number of aliphatic hydroxyl groups is 4. The van der Waals surface area contributed by atoms with Gasteiger partial charge in [0.1, 0.15) is 24.4 Å². The van der Waals surface area contributed by atoms with Crippen molar-refractivity contribution in [2.75, 3.05) is 6.61 Å². The zero-order valence-corrected chi connectivity index (χ0v) is 9.77. The molecular weight excluding hydrogens is 259 g/mol. The van der Waals surface area contributed by atoms with Crippen molar-refractivity contribution in [3.63, 3.8) is 0 Å². The highest BCUT2D eigenvalue weighted by molar-refractivity contribution is 7.46. The van der Waals surface area contributed by atoms with Gasteiger partial charge in [0.05, 0.1) is 6.61 Å². The molecule has 102 valence electrons. The van der Waals surface area contributed by atoms with Crippen molar-refractivity contribution in [2.24, 2.45) is 0 Å². The van der Waals surface area contributed by atoms with Crippen LogP contribution in [-0.4, -0.2) is 67.0 Å². The van der Waals surface area contributed by atoms with Crippen LogP contribution < -0.4 is 0 Å². The second-order valence-corrected chi connectivity index (χ2v) is 5.03. The van der Waals surface area contributed by atoms with Crippen LogP contribution in [0, 0.1) is 0 Å². The summed E-state index contributed by atoms with van der Waals surface area (Å²) in [7, 11) is -4.98. The molecule has 1 fully saturated rings. The van der Waals surface area contributed by atoms with Crippen molar-refractivity contribution in [1.29, 1.82) is 0 Å². The quantitative estimate of drug-likeness (QED) is 0.301. The molecule has 1 rings (SSSR count). The summed E-state index contributed by atoms with van der Waals surface area (Å²) in [4.78, 5) is 17.3. The van der Waals surface area contributed by atoms with E-state index in [4.69, 9.17) is 19.6 Å². The van der Waals surface area contributed by atoms with Crippen molar-refractivity contribution in [2.45, 2.75) is 37.1 Å². The van der Waals surface area contributed by atoms with E-state index in [-0.39, 0.29) is 0 Å². The molecule has 1 saturated heterocycles. The molecule has 0 aromatic rings. The molecule has 0 amide bonds. The van der Waals surface area contributed by atoms with E-state index in [1.54, 1.807) is 0 Å². The van der Waals surface area contributed by atoms with Gasteiger partial charge in [-0.3, -0.25) is 4.52 Å². The Bertz CT molecular complexity index is 314. The highest BCUT2D eigenvalue weighted by atomic mass is 31.2. The molecule has 1 aliphatic rings. The first-order valence-electron chi connectivity index (χ1n) is 4.70. The SMILES string of the molecule is C[C@]1(OP(=O)(O)O)O[C@H](CO)[C@@H](O)[C@H](O)[C@H]1O. The zero-order valence-electron chi connectivity index (χ0n) is 8.87. The van der Waals surface area contributed by atoms with Gasteiger partial charge in [0.2, 0.25) is 5.79 Å². The Morgan fingerprint density at radius 1 is 1.29 bits per heavy atom. The topological polar surface area (TPSA) is 157 Å². The van der Waals surface area contributed by atoms with Crippen LogP contribution in [-0.2, 0) is 13.8 Å². The second kappa shape index (κ2) is 4.88. The van der Waals surface area contributed by atoms with E-state index in [9.17, 15) is 19.9 Å². The molecule has 9 nitrogen and oxygen atoms in total. The van der Waals surface area contributed by atoms with Gasteiger partial charge < -0.3 is 34.9 Å². The van der Waals surface area contributed by atoms with Crippen LogP contribution >= 0.6 is 7.82 Å². The van der Waals surface area contributed by atoms with Gasteiger partial charge in [0, 0.05) is 0 Å². The van der Waals surface area contributed by atoms with Crippen LogP contribution in [0.25, 0.3) is 0 Å². The van der Waals surface area contributed by atoms with E-state index < -0.39 is 44.6 Å². The molecule has 6 N–H and O–H groups in total. The summed E-state index contributed by atoms with van der Waals surface area (Å²) in [5.74, 6) is -2.23. The predicted molar refractivity (Wildman–Crippen MR) is 51.5 cm³/mol. The van der Waals surface area contributed by atoms with Gasteiger partial charge in [-0.1, -0.05) is 0 Å². The number of ether oxygens (including phenoxy) is 1. The Labute approximate surface area is 96.5 Å².